The van der Waals surface area contributed by atoms with Gasteiger partial charge in [0.05, 0.1) is 14.2 Å². The number of hydrogen-bond acceptors (Lipinski definition) is 5. The summed E-state index contributed by atoms with van der Waals surface area (Å²) in [7, 11) is 3.07. The molecule has 0 bridgehead atoms. The minimum Gasteiger partial charge on any atom is -0.493 e. The summed E-state index contributed by atoms with van der Waals surface area (Å²) in [5, 5.41) is 2.71. The topological polar surface area (TPSA) is 93.3 Å². The molecule has 1 heterocycles. The van der Waals surface area contributed by atoms with E-state index in [1.54, 1.807) is 19.2 Å². The van der Waals surface area contributed by atoms with E-state index in [9.17, 15) is 9.59 Å². The largest absolute Gasteiger partial charge is 0.493 e. The standard InChI is InChI=1S/C20H19N3O4/c1-26-16-10-6-9-14(17(16)27-2)11-22-19(24)15-12-21-18(23-20(15)25)13-7-4-3-5-8-13/h3-10,12H,11H2,1-2H3,(H,22,24)(H,21,23,25). The molecule has 0 saturated heterocycles. The lowest BCUT2D eigenvalue weighted by atomic mass is 10.1. The van der Waals surface area contributed by atoms with Gasteiger partial charge in [-0.3, -0.25) is 9.59 Å². The first kappa shape index (κ1) is 18.2. The highest BCUT2D eigenvalue weighted by Gasteiger charge is 2.15. The third-order valence-corrected chi connectivity index (χ3v) is 4.02. The van der Waals surface area contributed by atoms with Gasteiger partial charge in [0, 0.05) is 23.9 Å². The first-order valence-corrected chi connectivity index (χ1v) is 8.27. The Morgan fingerprint density at radius 1 is 1.07 bits per heavy atom. The lowest BCUT2D eigenvalue weighted by Crippen LogP contribution is -2.30. The number of carbonyl (C=O) groups excluding carboxylic acids is 1. The summed E-state index contributed by atoms with van der Waals surface area (Å²) in [4.78, 5) is 31.5. The number of aromatic nitrogens is 2. The van der Waals surface area contributed by atoms with Gasteiger partial charge < -0.3 is 19.8 Å². The maximum absolute atomic E-state index is 12.4. The number of carbonyl (C=O) groups is 1. The van der Waals surface area contributed by atoms with Gasteiger partial charge in [-0.15, -0.1) is 0 Å². The van der Waals surface area contributed by atoms with Crippen LogP contribution in [0.5, 0.6) is 11.5 Å². The summed E-state index contributed by atoms with van der Waals surface area (Å²) in [6.07, 6.45) is 1.28. The zero-order chi connectivity index (χ0) is 19.2. The van der Waals surface area contributed by atoms with E-state index >= 15 is 0 Å². The van der Waals surface area contributed by atoms with Gasteiger partial charge in [-0.2, -0.15) is 0 Å². The van der Waals surface area contributed by atoms with Crippen molar-refractivity contribution in [2.45, 2.75) is 6.54 Å². The van der Waals surface area contributed by atoms with Crippen LogP contribution in [0.15, 0.2) is 59.5 Å². The number of ether oxygens (including phenoxy) is 2. The van der Waals surface area contributed by atoms with Crippen LogP contribution in [0.2, 0.25) is 0 Å². The quantitative estimate of drug-likeness (QED) is 0.700. The lowest BCUT2D eigenvalue weighted by molar-refractivity contribution is 0.0948. The predicted molar refractivity (Wildman–Crippen MR) is 101 cm³/mol. The molecule has 138 valence electrons. The van der Waals surface area contributed by atoms with Gasteiger partial charge in [-0.25, -0.2) is 4.98 Å². The van der Waals surface area contributed by atoms with E-state index in [0.717, 1.165) is 11.1 Å². The highest BCUT2D eigenvalue weighted by Crippen LogP contribution is 2.30. The zero-order valence-corrected chi connectivity index (χ0v) is 15.0. The highest BCUT2D eigenvalue weighted by molar-refractivity contribution is 5.93. The molecule has 0 radical (unpaired) electrons. The molecular weight excluding hydrogens is 346 g/mol. The number of aromatic amines is 1. The summed E-state index contributed by atoms with van der Waals surface area (Å²) in [6.45, 7) is 0.180. The van der Waals surface area contributed by atoms with Crippen LogP contribution < -0.4 is 20.3 Å². The molecule has 7 nitrogen and oxygen atoms in total. The van der Waals surface area contributed by atoms with Crippen LogP contribution in [-0.4, -0.2) is 30.1 Å². The van der Waals surface area contributed by atoms with Crippen molar-refractivity contribution in [2.75, 3.05) is 14.2 Å². The first-order valence-electron chi connectivity index (χ1n) is 8.27. The number of nitrogens with one attached hydrogen (secondary N) is 2. The SMILES string of the molecule is COc1cccc(CNC(=O)c2cnc(-c3ccccc3)[nH]c2=O)c1OC. The molecule has 0 spiro atoms. The molecule has 0 fully saturated rings. The number of benzene rings is 2. The molecule has 3 aromatic rings. The van der Waals surface area contributed by atoms with Crippen LogP contribution in [0.4, 0.5) is 0 Å². The fourth-order valence-corrected chi connectivity index (χ4v) is 2.66. The van der Waals surface area contributed by atoms with Gasteiger partial charge in [0.25, 0.3) is 11.5 Å². The number of amides is 1. The third-order valence-electron chi connectivity index (χ3n) is 4.02. The van der Waals surface area contributed by atoms with Crippen LogP contribution in [0.25, 0.3) is 11.4 Å². The molecule has 1 aromatic heterocycles. The smallest absolute Gasteiger partial charge is 0.264 e. The van der Waals surface area contributed by atoms with Crippen molar-refractivity contribution in [3.8, 4) is 22.9 Å². The lowest BCUT2D eigenvalue weighted by Gasteiger charge is -2.13. The Balaban J connectivity index is 1.77. The van der Waals surface area contributed by atoms with Crippen molar-refractivity contribution in [3.63, 3.8) is 0 Å². The monoisotopic (exact) mass is 365 g/mol. The van der Waals surface area contributed by atoms with E-state index in [-0.39, 0.29) is 12.1 Å². The Kier molecular flexibility index (Phi) is 5.51. The minimum atomic E-state index is -0.520. The molecule has 0 aliphatic heterocycles. The van der Waals surface area contributed by atoms with Crippen molar-refractivity contribution in [2.24, 2.45) is 0 Å². The fourth-order valence-electron chi connectivity index (χ4n) is 2.66. The van der Waals surface area contributed by atoms with Crippen molar-refractivity contribution < 1.29 is 14.3 Å². The van der Waals surface area contributed by atoms with Crippen molar-refractivity contribution in [1.82, 2.24) is 15.3 Å². The fraction of sp³-hybridized carbons (Fsp3) is 0.150. The van der Waals surface area contributed by atoms with Crippen LogP contribution >= 0.6 is 0 Å². The zero-order valence-electron chi connectivity index (χ0n) is 15.0. The van der Waals surface area contributed by atoms with Gasteiger partial charge in [-0.1, -0.05) is 42.5 Å². The summed E-state index contributed by atoms with van der Waals surface area (Å²) in [6, 6.07) is 14.6. The average Bonchev–Trinajstić information content (AvgIpc) is 2.72. The van der Waals surface area contributed by atoms with E-state index in [4.69, 9.17) is 9.47 Å². The van der Waals surface area contributed by atoms with Crippen molar-refractivity contribution in [3.05, 3.63) is 76.2 Å². The van der Waals surface area contributed by atoms with Gasteiger partial charge in [0.15, 0.2) is 11.5 Å². The van der Waals surface area contributed by atoms with Crippen LogP contribution in [0.1, 0.15) is 15.9 Å². The molecule has 7 heteroatoms. The Morgan fingerprint density at radius 2 is 1.85 bits per heavy atom. The van der Waals surface area contributed by atoms with Gasteiger partial charge in [-0.05, 0) is 6.07 Å². The summed E-state index contributed by atoms with van der Waals surface area (Å²) < 4.78 is 10.6. The number of H-pyrrole nitrogens is 1. The molecule has 0 aliphatic rings. The second-order valence-corrected chi connectivity index (χ2v) is 5.68. The number of hydrogen-bond donors (Lipinski definition) is 2. The Hall–Kier alpha value is -3.61. The molecule has 3 rings (SSSR count). The predicted octanol–water partition coefficient (Wildman–Crippen LogP) is 2.38. The Morgan fingerprint density at radius 3 is 2.52 bits per heavy atom. The number of para-hydroxylation sites is 1. The molecule has 2 aromatic carbocycles. The maximum Gasteiger partial charge on any atom is 0.264 e. The first-order chi connectivity index (χ1) is 13.1. The maximum atomic E-state index is 12.4. The van der Waals surface area contributed by atoms with Gasteiger partial charge in [0.1, 0.15) is 11.4 Å². The third kappa shape index (κ3) is 3.98. The minimum absolute atomic E-state index is 0.0588. The highest BCUT2D eigenvalue weighted by atomic mass is 16.5. The number of nitrogens with zero attached hydrogens (tertiary/aromatic N) is 1. The molecule has 27 heavy (non-hydrogen) atoms. The second-order valence-electron chi connectivity index (χ2n) is 5.68. The molecule has 1 amide bonds. The molecule has 0 saturated carbocycles. The Bertz CT molecular complexity index is 1000. The average molecular weight is 365 g/mol. The van der Waals surface area contributed by atoms with E-state index < -0.39 is 11.5 Å². The van der Waals surface area contributed by atoms with Crippen LogP contribution in [-0.2, 0) is 6.54 Å². The molecule has 0 aliphatic carbocycles. The van der Waals surface area contributed by atoms with Gasteiger partial charge >= 0.3 is 0 Å². The second kappa shape index (κ2) is 8.18. The van der Waals surface area contributed by atoms with Gasteiger partial charge in [0.2, 0.25) is 0 Å². The van der Waals surface area contributed by atoms with Crippen LogP contribution in [0, 0.1) is 0 Å². The molecule has 0 unspecified atom stereocenters. The van der Waals surface area contributed by atoms with Crippen molar-refractivity contribution >= 4 is 5.91 Å². The number of methoxy groups -OCH3 is 2. The Labute approximate surface area is 156 Å². The molecular formula is C20H19N3O4. The van der Waals surface area contributed by atoms with E-state index in [2.05, 4.69) is 15.3 Å². The number of rotatable bonds is 6. The van der Waals surface area contributed by atoms with E-state index in [0.29, 0.717) is 17.3 Å². The molecule has 2 N–H and O–H groups in total. The van der Waals surface area contributed by atoms with E-state index in [1.165, 1.54) is 13.3 Å². The molecule has 0 atom stereocenters. The summed E-state index contributed by atoms with van der Waals surface area (Å²) >= 11 is 0. The summed E-state index contributed by atoms with van der Waals surface area (Å²) in [5.74, 6) is 0.989. The normalized spacial score (nSPS) is 10.3. The van der Waals surface area contributed by atoms with E-state index in [1.807, 2.05) is 36.4 Å². The summed E-state index contributed by atoms with van der Waals surface area (Å²) in [5.41, 5.74) is 0.939. The van der Waals surface area contributed by atoms with Crippen molar-refractivity contribution in [1.29, 1.82) is 0 Å². The van der Waals surface area contributed by atoms with Crippen LogP contribution in [0.3, 0.4) is 0 Å².